The lowest BCUT2D eigenvalue weighted by Gasteiger charge is -2.34. The maximum atomic E-state index is 7.02. The lowest BCUT2D eigenvalue weighted by Crippen LogP contribution is -2.28. The molecule has 0 atom stereocenters. The van der Waals surface area contributed by atoms with Crippen LogP contribution in [0.15, 0.2) is 270 Å². The Bertz CT molecular complexity index is 4410. The summed E-state index contributed by atoms with van der Waals surface area (Å²) in [5, 5.41) is 9.00. The zero-order valence-corrected chi connectivity index (χ0v) is 39.1. The topological polar surface area (TPSA) is 29.5 Å². The van der Waals surface area contributed by atoms with Crippen LogP contribution in [0.3, 0.4) is 0 Å². The monoisotopic (exact) mass is 917 g/mol. The van der Waals surface area contributed by atoms with Gasteiger partial charge in [0, 0.05) is 60.4 Å². The van der Waals surface area contributed by atoms with Crippen molar-refractivity contribution >= 4 is 82.5 Å². The first kappa shape index (κ1) is 40.4. The molecule has 0 N–H and O–H groups in total. The number of hydrogen-bond acceptors (Lipinski definition) is 3. The Morgan fingerprint density at radius 2 is 0.750 bits per heavy atom. The van der Waals surface area contributed by atoms with E-state index in [0.29, 0.717) is 0 Å². The molecule has 2 heterocycles. The highest BCUT2D eigenvalue weighted by molar-refractivity contribution is 6.19. The standard InChI is InChI=1S/C69H43NO2/c1-3-19-47(20-4-1)69(48-21-5-2-6-22-48)62-31-13-11-25-54(62)61-43-50(39-42-63(61)69)70(49-37-33-46(34-38-49)53-27-15-29-57-59-40-35-44-17-7-9-23-51(44)66(59)71-65(53)57)64-32-14-12-26-55(64)56-28-16-30-58-60-41-36-45-18-8-10-24-52(45)67(60)72-68(56)58/h1-43H. The second kappa shape index (κ2) is 15.8. The Morgan fingerprint density at radius 1 is 0.278 bits per heavy atom. The van der Waals surface area contributed by atoms with Crippen LogP contribution in [0, 0.1) is 0 Å². The van der Waals surface area contributed by atoms with E-state index in [1.54, 1.807) is 0 Å². The number of para-hydroxylation sites is 3. The van der Waals surface area contributed by atoms with Gasteiger partial charge in [0.05, 0.1) is 11.1 Å². The molecule has 15 rings (SSSR count). The van der Waals surface area contributed by atoms with Gasteiger partial charge in [0.25, 0.3) is 0 Å². The van der Waals surface area contributed by atoms with Gasteiger partial charge in [-0.3, -0.25) is 0 Å². The molecular weight excluding hydrogens is 875 g/mol. The summed E-state index contributed by atoms with van der Waals surface area (Å²) >= 11 is 0. The van der Waals surface area contributed by atoms with E-state index in [2.05, 4.69) is 266 Å². The smallest absolute Gasteiger partial charge is 0.143 e. The Labute approximate surface area is 416 Å². The molecule has 2 aromatic heterocycles. The van der Waals surface area contributed by atoms with Crippen molar-refractivity contribution < 1.29 is 8.83 Å². The summed E-state index contributed by atoms with van der Waals surface area (Å²) < 4.78 is 13.9. The van der Waals surface area contributed by atoms with Crippen LogP contribution >= 0.6 is 0 Å². The Balaban J connectivity index is 0.949. The summed E-state index contributed by atoms with van der Waals surface area (Å²) in [6.45, 7) is 0. The van der Waals surface area contributed by atoms with E-state index in [9.17, 15) is 0 Å². The van der Waals surface area contributed by atoms with Crippen LogP contribution in [-0.2, 0) is 5.41 Å². The van der Waals surface area contributed by atoms with E-state index >= 15 is 0 Å². The molecule has 0 bridgehead atoms. The fourth-order valence-corrected chi connectivity index (χ4v) is 12.2. The van der Waals surface area contributed by atoms with Crippen LogP contribution in [0.25, 0.3) is 98.8 Å². The highest BCUT2D eigenvalue weighted by Crippen LogP contribution is 2.57. The predicted molar refractivity (Wildman–Crippen MR) is 299 cm³/mol. The molecule has 0 amide bonds. The van der Waals surface area contributed by atoms with Gasteiger partial charge in [-0.1, -0.05) is 218 Å². The largest absolute Gasteiger partial charge is 0.455 e. The van der Waals surface area contributed by atoms with E-state index < -0.39 is 5.41 Å². The number of benzene rings is 12. The van der Waals surface area contributed by atoms with Crippen molar-refractivity contribution in [1.29, 1.82) is 0 Å². The second-order valence-corrected chi connectivity index (χ2v) is 19.1. The minimum atomic E-state index is -0.511. The average Bonchev–Trinajstić information content (AvgIpc) is 4.14. The third-order valence-electron chi connectivity index (χ3n) is 15.3. The number of hydrogen-bond donors (Lipinski definition) is 0. The first-order valence-electron chi connectivity index (χ1n) is 24.7. The van der Waals surface area contributed by atoms with Gasteiger partial charge in [0.15, 0.2) is 0 Å². The van der Waals surface area contributed by atoms with Gasteiger partial charge >= 0.3 is 0 Å². The van der Waals surface area contributed by atoms with Gasteiger partial charge in [0.2, 0.25) is 0 Å². The summed E-state index contributed by atoms with van der Waals surface area (Å²) in [6, 6.07) is 94.7. The van der Waals surface area contributed by atoms with Crippen molar-refractivity contribution in [1.82, 2.24) is 0 Å². The molecule has 0 unspecified atom stereocenters. The van der Waals surface area contributed by atoms with Crippen molar-refractivity contribution in [2.75, 3.05) is 4.90 Å². The molecule has 3 nitrogen and oxygen atoms in total. The number of furan rings is 2. The maximum absolute atomic E-state index is 7.02. The van der Waals surface area contributed by atoms with Crippen LogP contribution in [0.1, 0.15) is 22.3 Å². The average molecular weight is 918 g/mol. The first-order chi connectivity index (χ1) is 35.7. The first-order valence-corrected chi connectivity index (χ1v) is 24.7. The SMILES string of the molecule is c1ccc(C2(c3ccccc3)c3ccccc3-c3cc(N(c4ccc(-c5cccc6c5oc5c7ccccc7ccc65)cc4)c4ccccc4-c4cccc5c4oc4c6ccccc6ccc54)ccc32)cc1. The highest BCUT2D eigenvalue weighted by atomic mass is 16.3. The Hall–Kier alpha value is -9.44. The highest BCUT2D eigenvalue weighted by Gasteiger charge is 2.46. The van der Waals surface area contributed by atoms with Crippen LogP contribution in [0.5, 0.6) is 0 Å². The van der Waals surface area contributed by atoms with E-state index in [1.165, 1.54) is 38.8 Å². The lowest BCUT2D eigenvalue weighted by atomic mass is 9.68. The zero-order chi connectivity index (χ0) is 47.3. The molecule has 0 saturated carbocycles. The van der Waals surface area contributed by atoms with E-state index in [0.717, 1.165) is 99.4 Å². The van der Waals surface area contributed by atoms with Gasteiger partial charge in [0.1, 0.15) is 22.3 Å². The molecule has 0 radical (unpaired) electrons. The van der Waals surface area contributed by atoms with Gasteiger partial charge in [-0.2, -0.15) is 0 Å². The van der Waals surface area contributed by atoms with Crippen molar-refractivity contribution in [3.63, 3.8) is 0 Å². The van der Waals surface area contributed by atoms with E-state index in [1.807, 2.05) is 0 Å². The van der Waals surface area contributed by atoms with Crippen LogP contribution in [0.2, 0.25) is 0 Å². The number of nitrogens with zero attached hydrogens (tertiary/aromatic N) is 1. The van der Waals surface area contributed by atoms with E-state index in [-0.39, 0.29) is 0 Å². The molecule has 0 fully saturated rings. The predicted octanol–water partition coefficient (Wildman–Crippen LogP) is 19.0. The van der Waals surface area contributed by atoms with Crippen molar-refractivity contribution in [3.8, 4) is 33.4 Å². The normalized spacial score (nSPS) is 12.8. The summed E-state index contributed by atoms with van der Waals surface area (Å²) in [5.74, 6) is 0. The molecule has 1 aliphatic rings. The molecule has 0 saturated heterocycles. The Morgan fingerprint density at radius 3 is 1.40 bits per heavy atom. The zero-order valence-electron chi connectivity index (χ0n) is 39.1. The molecule has 1 aliphatic carbocycles. The second-order valence-electron chi connectivity index (χ2n) is 19.1. The molecule has 336 valence electrons. The molecule has 0 spiro atoms. The molecule has 0 aliphatic heterocycles. The third kappa shape index (κ3) is 5.85. The molecule has 72 heavy (non-hydrogen) atoms. The minimum absolute atomic E-state index is 0.511. The molecular formula is C69H43NO2. The summed E-state index contributed by atoms with van der Waals surface area (Å²) in [5.41, 5.74) is 17.9. The summed E-state index contributed by atoms with van der Waals surface area (Å²) in [7, 11) is 0. The Kier molecular flexibility index (Phi) is 8.87. The van der Waals surface area contributed by atoms with Gasteiger partial charge in [-0.15, -0.1) is 0 Å². The summed E-state index contributed by atoms with van der Waals surface area (Å²) in [4.78, 5) is 2.43. The van der Waals surface area contributed by atoms with Gasteiger partial charge < -0.3 is 13.7 Å². The maximum Gasteiger partial charge on any atom is 0.143 e. The van der Waals surface area contributed by atoms with Crippen molar-refractivity contribution in [2.45, 2.75) is 5.41 Å². The third-order valence-corrected chi connectivity index (χ3v) is 15.3. The molecule has 12 aromatic carbocycles. The van der Waals surface area contributed by atoms with Crippen LogP contribution in [0.4, 0.5) is 17.1 Å². The van der Waals surface area contributed by atoms with Gasteiger partial charge in [-0.05, 0) is 92.2 Å². The fraction of sp³-hybridized carbons (Fsp3) is 0.0145. The van der Waals surface area contributed by atoms with E-state index in [4.69, 9.17) is 8.83 Å². The van der Waals surface area contributed by atoms with Crippen molar-refractivity contribution in [2.24, 2.45) is 0 Å². The van der Waals surface area contributed by atoms with Gasteiger partial charge in [-0.25, -0.2) is 0 Å². The summed E-state index contributed by atoms with van der Waals surface area (Å²) in [6.07, 6.45) is 0. The number of rotatable bonds is 7. The quantitative estimate of drug-likeness (QED) is 0.160. The van der Waals surface area contributed by atoms with Crippen LogP contribution < -0.4 is 4.90 Å². The fourth-order valence-electron chi connectivity index (χ4n) is 12.2. The minimum Gasteiger partial charge on any atom is -0.455 e. The molecule has 3 heteroatoms. The van der Waals surface area contributed by atoms with Crippen LogP contribution in [-0.4, -0.2) is 0 Å². The number of anilines is 3. The molecule has 14 aromatic rings. The lowest BCUT2D eigenvalue weighted by molar-refractivity contribution is 0.673. The van der Waals surface area contributed by atoms with Crippen molar-refractivity contribution in [3.05, 3.63) is 283 Å². The number of fused-ring (bicyclic) bond motifs is 13.